The Hall–Kier alpha value is -2.40. The predicted octanol–water partition coefficient (Wildman–Crippen LogP) is 2.40. The van der Waals surface area contributed by atoms with E-state index in [4.69, 9.17) is 0 Å². The fraction of sp³-hybridized carbons (Fsp3) is 0.368. The second-order valence-electron chi connectivity index (χ2n) is 6.05. The SMILES string of the molecule is CCc1ccc(NC(=O)CN2CCN(c3ccccn3)CC2)cc1. The number of anilines is 2. The van der Waals surface area contributed by atoms with Gasteiger partial charge < -0.3 is 10.2 Å². The van der Waals surface area contributed by atoms with Crippen molar-refractivity contribution in [1.29, 1.82) is 0 Å². The molecule has 0 unspecified atom stereocenters. The van der Waals surface area contributed by atoms with Crippen LogP contribution in [-0.2, 0) is 11.2 Å². The van der Waals surface area contributed by atoms with Gasteiger partial charge in [0, 0.05) is 38.1 Å². The molecule has 5 nitrogen and oxygen atoms in total. The number of carbonyl (C=O) groups excluding carboxylic acids is 1. The molecular formula is C19H24N4O. The molecule has 126 valence electrons. The molecule has 0 radical (unpaired) electrons. The van der Waals surface area contributed by atoms with Crippen LogP contribution in [0.3, 0.4) is 0 Å². The molecule has 3 rings (SSSR count). The van der Waals surface area contributed by atoms with Crippen LogP contribution in [0.5, 0.6) is 0 Å². The molecule has 1 aliphatic heterocycles. The number of carbonyl (C=O) groups is 1. The van der Waals surface area contributed by atoms with E-state index in [1.165, 1.54) is 5.56 Å². The van der Waals surface area contributed by atoms with Crippen LogP contribution in [0.2, 0.25) is 0 Å². The minimum absolute atomic E-state index is 0.0468. The maximum atomic E-state index is 12.2. The maximum Gasteiger partial charge on any atom is 0.238 e. The van der Waals surface area contributed by atoms with Crippen molar-refractivity contribution in [1.82, 2.24) is 9.88 Å². The minimum Gasteiger partial charge on any atom is -0.354 e. The third-order valence-corrected chi connectivity index (χ3v) is 4.36. The Morgan fingerprint density at radius 3 is 2.46 bits per heavy atom. The number of amides is 1. The van der Waals surface area contributed by atoms with E-state index >= 15 is 0 Å². The number of benzene rings is 1. The molecule has 1 aromatic carbocycles. The van der Waals surface area contributed by atoms with E-state index in [9.17, 15) is 4.79 Å². The number of aryl methyl sites for hydroxylation is 1. The van der Waals surface area contributed by atoms with E-state index in [1.54, 1.807) is 0 Å². The number of hydrogen-bond acceptors (Lipinski definition) is 4. The molecule has 1 fully saturated rings. The molecule has 0 atom stereocenters. The van der Waals surface area contributed by atoms with Crippen LogP contribution in [0.15, 0.2) is 48.7 Å². The van der Waals surface area contributed by atoms with Gasteiger partial charge in [-0.05, 0) is 36.2 Å². The fourth-order valence-corrected chi connectivity index (χ4v) is 2.90. The standard InChI is InChI=1S/C19H24N4O/c1-2-16-6-8-17(9-7-16)21-19(24)15-22-11-13-23(14-12-22)18-5-3-4-10-20-18/h3-10H,2,11-15H2,1H3,(H,21,24). The zero-order chi connectivity index (χ0) is 16.8. The molecule has 1 amide bonds. The van der Waals surface area contributed by atoms with Gasteiger partial charge in [-0.3, -0.25) is 9.69 Å². The Balaban J connectivity index is 1.46. The van der Waals surface area contributed by atoms with E-state index in [0.717, 1.165) is 44.1 Å². The van der Waals surface area contributed by atoms with Crippen LogP contribution >= 0.6 is 0 Å². The summed E-state index contributed by atoms with van der Waals surface area (Å²) in [6.45, 7) is 6.10. The molecule has 1 aliphatic rings. The van der Waals surface area contributed by atoms with Crippen molar-refractivity contribution in [3.8, 4) is 0 Å². The van der Waals surface area contributed by atoms with Crippen LogP contribution in [0, 0.1) is 0 Å². The Bertz CT molecular complexity index is 649. The van der Waals surface area contributed by atoms with Crippen molar-refractivity contribution in [2.24, 2.45) is 0 Å². The summed E-state index contributed by atoms with van der Waals surface area (Å²) in [6, 6.07) is 14.0. The van der Waals surface area contributed by atoms with Gasteiger partial charge in [0.05, 0.1) is 6.54 Å². The zero-order valence-corrected chi connectivity index (χ0v) is 14.1. The molecule has 1 N–H and O–H groups in total. The van der Waals surface area contributed by atoms with E-state index in [-0.39, 0.29) is 5.91 Å². The lowest BCUT2D eigenvalue weighted by atomic mass is 10.1. The fourth-order valence-electron chi connectivity index (χ4n) is 2.90. The number of nitrogens with zero attached hydrogens (tertiary/aromatic N) is 3. The molecule has 2 aromatic rings. The molecular weight excluding hydrogens is 300 g/mol. The summed E-state index contributed by atoms with van der Waals surface area (Å²) in [5.74, 6) is 1.06. The molecule has 2 heterocycles. The average molecular weight is 324 g/mol. The predicted molar refractivity (Wildman–Crippen MR) is 97.3 cm³/mol. The van der Waals surface area contributed by atoms with Crippen molar-refractivity contribution in [3.05, 3.63) is 54.2 Å². The first-order valence-corrected chi connectivity index (χ1v) is 8.51. The lowest BCUT2D eigenvalue weighted by Gasteiger charge is -2.34. The Morgan fingerprint density at radius 2 is 1.83 bits per heavy atom. The Morgan fingerprint density at radius 1 is 1.08 bits per heavy atom. The lowest BCUT2D eigenvalue weighted by molar-refractivity contribution is -0.117. The van der Waals surface area contributed by atoms with E-state index in [1.807, 2.05) is 36.5 Å². The molecule has 1 aromatic heterocycles. The van der Waals surface area contributed by atoms with Gasteiger partial charge in [-0.1, -0.05) is 25.1 Å². The quantitative estimate of drug-likeness (QED) is 0.917. The van der Waals surface area contributed by atoms with Gasteiger partial charge in [0.1, 0.15) is 5.82 Å². The molecule has 0 saturated carbocycles. The van der Waals surface area contributed by atoms with Crippen LogP contribution < -0.4 is 10.2 Å². The highest BCUT2D eigenvalue weighted by atomic mass is 16.2. The van der Waals surface area contributed by atoms with Crippen LogP contribution in [0.25, 0.3) is 0 Å². The van der Waals surface area contributed by atoms with Crippen molar-refractivity contribution >= 4 is 17.4 Å². The van der Waals surface area contributed by atoms with Gasteiger partial charge in [0.2, 0.25) is 5.91 Å². The molecule has 1 saturated heterocycles. The second kappa shape index (κ2) is 7.93. The summed E-state index contributed by atoms with van der Waals surface area (Å²) >= 11 is 0. The number of hydrogen-bond donors (Lipinski definition) is 1. The highest BCUT2D eigenvalue weighted by Crippen LogP contribution is 2.13. The van der Waals surface area contributed by atoms with Gasteiger partial charge in [0.25, 0.3) is 0 Å². The second-order valence-corrected chi connectivity index (χ2v) is 6.05. The first-order valence-electron chi connectivity index (χ1n) is 8.51. The van der Waals surface area contributed by atoms with Crippen LogP contribution in [-0.4, -0.2) is 48.5 Å². The van der Waals surface area contributed by atoms with Crippen LogP contribution in [0.4, 0.5) is 11.5 Å². The minimum atomic E-state index is 0.0468. The largest absolute Gasteiger partial charge is 0.354 e. The van der Waals surface area contributed by atoms with Crippen molar-refractivity contribution in [3.63, 3.8) is 0 Å². The Labute approximate surface area is 143 Å². The summed E-state index contributed by atoms with van der Waals surface area (Å²) in [5.41, 5.74) is 2.14. The number of rotatable bonds is 5. The summed E-state index contributed by atoms with van der Waals surface area (Å²) in [6.07, 6.45) is 2.83. The highest BCUT2D eigenvalue weighted by Gasteiger charge is 2.19. The summed E-state index contributed by atoms with van der Waals surface area (Å²) in [5, 5.41) is 2.98. The highest BCUT2D eigenvalue weighted by molar-refractivity contribution is 5.92. The van der Waals surface area contributed by atoms with Gasteiger partial charge >= 0.3 is 0 Å². The van der Waals surface area contributed by atoms with E-state index < -0.39 is 0 Å². The maximum absolute atomic E-state index is 12.2. The zero-order valence-electron chi connectivity index (χ0n) is 14.1. The van der Waals surface area contributed by atoms with Gasteiger partial charge in [-0.2, -0.15) is 0 Å². The van der Waals surface area contributed by atoms with Crippen molar-refractivity contribution in [2.75, 3.05) is 42.9 Å². The first-order chi connectivity index (χ1) is 11.7. The average Bonchev–Trinajstić information content (AvgIpc) is 2.64. The summed E-state index contributed by atoms with van der Waals surface area (Å²) in [7, 11) is 0. The topological polar surface area (TPSA) is 48.5 Å². The van der Waals surface area contributed by atoms with Crippen molar-refractivity contribution < 1.29 is 4.79 Å². The smallest absolute Gasteiger partial charge is 0.238 e. The number of nitrogens with one attached hydrogen (secondary N) is 1. The van der Waals surface area contributed by atoms with Crippen LogP contribution in [0.1, 0.15) is 12.5 Å². The molecule has 5 heteroatoms. The first kappa shape index (κ1) is 16.5. The summed E-state index contributed by atoms with van der Waals surface area (Å²) < 4.78 is 0. The monoisotopic (exact) mass is 324 g/mol. The van der Waals surface area contributed by atoms with E-state index in [2.05, 4.69) is 39.2 Å². The van der Waals surface area contributed by atoms with Crippen molar-refractivity contribution in [2.45, 2.75) is 13.3 Å². The number of piperazine rings is 1. The Kier molecular flexibility index (Phi) is 5.43. The third-order valence-electron chi connectivity index (χ3n) is 4.36. The van der Waals surface area contributed by atoms with Gasteiger partial charge in [-0.15, -0.1) is 0 Å². The molecule has 0 spiro atoms. The van der Waals surface area contributed by atoms with Gasteiger partial charge in [0.15, 0.2) is 0 Å². The molecule has 0 aliphatic carbocycles. The summed E-state index contributed by atoms with van der Waals surface area (Å²) in [4.78, 5) is 21.0. The molecule has 24 heavy (non-hydrogen) atoms. The van der Waals surface area contributed by atoms with Gasteiger partial charge in [-0.25, -0.2) is 4.98 Å². The third kappa shape index (κ3) is 4.32. The van der Waals surface area contributed by atoms with E-state index in [0.29, 0.717) is 6.54 Å². The number of pyridine rings is 1. The normalized spacial score (nSPS) is 15.3. The molecule has 0 bridgehead atoms. The lowest BCUT2D eigenvalue weighted by Crippen LogP contribution is -2.48. The number of aromatic nitrogens is 1.